The van der Waals surface area contributed by atoms with Gasteiger partial charge in [0.05, 0.1) is 22.4 Å². The Bertz CT molecular complexity index is 806. The molecule has 0 bridgehead atoms. The number of pyridine rings is 1. The number of benzene rings is 1. The lowest BCUT2D eigenvalue weighted by Gasteiger charge is -2.29. The fraction of sp³-hybridized carbons (Fsp3) is 0.333. The minimum Gasteiger partial charge on any atom is -0.256 e. The molecule has 0 N–H and O–H groups in total. The van der Waals surface area contributed by atoms with Crippen molar-refractivity contribution < 1.29 is 8.42 Å². The third kappa shape index (κ3) is 2.50. The number of sulfonamides is 1. The van der Waals surface area contributed by atoms with Gasteiger partial charge in [0.15, 0.2) is 0 Å². The van der Waals surface area contributed by atoms with Gasteiger partial charge in [-0.25, -0.2) is 8.42 Å². The number of aromatic nitrogens is 1. The van der Waals surface area contributed by atoms with Crippen LogP contribution >= 0.6 is 0 Å². The molecule has 2 aromatic rings. The fourth-order valence-corrected chi connectivity index (χ4v) is 4.43. The van der Waals surface area contributed by atoms with E-state index in [-0.39, 0.29) is 17.4 Å². The van der Waals surface area contributed by atoms with E-state index in [0.29, 0.717) is 17.4 Å². The summed E-state index contributed by atoms with van der Waals surface area (Å²) in [5.74, 6) is -0.221. The summed E-state index contributed by atoms with van der Waals surface area (Å²) in [5, 5.41) is 9.66. The van der Waals surface area contributed by atoms with Gasteiger partial charge in [0, 0.05) is 24.7 Å². The number of nitrogens with zero attached hydrogens (tertiary/aromatic N) is 3. The van der Waals surface area contributed by atoms with Crippen LogP contribution in [0.4, 0.5) is 0 Å². The summed E-state index contributed by atoms with van der Waals surface area (Å²) >= 11 is 0. The smallest absolute Gasteiger partial charge is 0.243 e. The molecule has 1 aromatic carbocycles. The van der Waals surface area contributed by atoms with E-state index in [1.54, 1.807) is 36.5 Å². The molecule has 0 amide bonds. The van der Waals surface area contributed by atoms with Gasteiger partial charge in [-0.15, -0.1) is 0 Å². The lowest BCUT2D eigenvalue weighted by atomic mass is 10.0. The molecular weight excluding hydrogens is 286 g/mol. The van der Waals surface area contributed by atoms with Crippen LogP contribution in [0.1, 0.15) is 12.8 Å². The molecule has 1 saturated heterocycles. The first-order valence-corrected chi connectivity index (χ1v) is 8.30. The SMILES string of the molecule is N#CC1CCCN(S(=O)(=O)c2cccc3ncccc23)C1. The third-order valence-corrected chi connectivity index (χ3v) is 5.71. The van der Waals surface area contributed by atoms with Crippen molar-refractivity contribution in [3.8, 4) is 6.07 Å². The molecule has 1 fully saturated rings. The number of piperidine rings is 1. The Balaban J connectivity index is 2.07. The number of hydrogen-bond acceptors (Lipinski definition) is 4. The van der Waals surface area contributed by atoms with Gasteiger partial charge >= 0.3 is 0 Å². The van der Waals surface area contributed by atoms with E-state index < -0.39 is 10.0 Å². The zero-order valence-corrected chi connectivity index (χ0v) is 12.3. The minimum atomic E-state index is -3.59. The second-order valence-electron chi connectivity index (χ2n) is 5.16. The van der Waals surface area contributed by atoms with Crippen molar-refractivity contribution in [2.75, 3.05) is 13.1 Å². The van der Waals surface area contributed by atoms with E-state index in [1.165, 1.54) is 4.31 Å². The van der Waals surface area contributed by atoms with Crippen LogP contribution in [0.15, 0.2) is 41.4 Å². The highest BCUT2D eigenvalue weighted by Crippen LogP contribution is 2.27. The van der Waals surface area contributed by atoms with Crippen molar-refractivity contribution in [1.29, 1.82) is 5.26 Å². The van der Waals surface area contributed by atoms with Gasteiger partial charge < -0.3 is 0 Å². The van der Waals surface area contributed by atoms with Crippen LogP contribution in [0, 0.1) is 17.2 Å². The van der Waals surface area contributed by atoms with E-state index in [4.69, 9.17) is 5.26 Å². The Morgan fingerprint density at radius 2 is 2.14 bits per heavy atom. The lowest BCUT2D eigenvalue weighted by molar-refractivity contribution is 0.305. The molecular formula is C15H15N3O2S. The van der Waals surface area contributed by atoms with Crippen molar-refractivity contribution in [2.45, 2.75) is 17.7 Å². The molecule has 0 radical (unpaired) electrons. The fourth-order valence-electron chi connectivity index (χ4n) is 2.71. The molecule has 2 heterocycles. The van der Waals surface area contributed by atoms with Crippen molar-refractivity contribution in [3.63, 3.8) is 0 Å². The molecule has 1 aromatic heterocycles. The summed E-state index contributed by atoms with van der Waals surface area (Å²) in [6.45, 7) is 0.743. The van der Waals surface area contributed by atoms with Gasteiger partial charge in [0.25, 0.3) is 0 Å². The van der Waals surface area contributed by atoms with Crippen LogP contribution in [0.2, 0.25) is 0 Å². The molecule has 1 unspecified atom stereocenters. The van der Waals surface area contributed by atoms with Gasteiger partial charge in [-0.2, -0.15) is 9.57 Å². The molecule has 1 aliphatic heterocycles. The Kier molecular flexibility index (Phi) is 3.62. The molecule has 1 aliphatic rings. The molecule has 0 saturated carbocycles. The average Bonchev–Trinajstić information content (AvgIpc) is 2.54. The Labute approximate surface area is 123 Å². The molecule has 5 nitrogen and oxygen atoms in total. The summed E-state index contributed by atoms with van der Waals surface area (Å²) < 4.78 is 27.1. The highest BCUT2D eigenvalue weighted by molar-refractivity contribution is 7.89. The van der Waals surface area contributed by atoms with Crippen LogP contribution < -0.4 is 0 Å². The summed E-state index contributed by atoms with van der Waals surface area (Å²) in [6, 6.07) is 10.8. The van der Waals surface area contributed by atoms with Crippen molar-refractivity contribution in [3.05, 3.63) is 36.5 Å². The molecule has 1 atom stereocenters. The topological polar surface area (TPSA) is 74.1 Å². The lowest BCUT2D eigenvalue weighted by Crippen LogP contribution is -2.39. The highest BCUT2D eigenvalue weighted by atomic mass is 32.2. The maximum absolute atomic E-state index is 12.9. The Hall–Kier alpha value is -1.97. The van der Waals surface area contributed by atoms with Gasteiger partial charge in [-0.1, -0.05) is 6.07 Å². The maximum atomic E-state index is 12.9. The minimum absolute atomic E-state index is 0.221. The van der Waals surface area contributed by atoms with Gasteiger partial charge in [-0.05, 0) is 37.1 Å². The summed E-state index contributed by atoms with van der Waals surface area (Å²) in [4.78, 5) is 4.47. The van der Waals surface area contributed by atoms with Crippen molar-refractivity contribution in [1.82, 2.24) is 9.29 Å². The first-order chi connectivity index (χ1) is 10.1. The Morgan fingerprint density at radius 3 is 2.95 bits per heavy atom. The van der Waals surface area contributed by atoms with E-state index in [0.717, 1.165) is 12.8 Å². The van der Waals surface area contributed by atoms with E-state index >= 15 is 0 Å². The quantitative estimate of drug-likeness (QED) is 0.852. The van der Waals surface area contributed by atoms with E-state index in [2.05, 4.69) is 11.1 Å². The predicted octanol–water partition coefficient (Wildman–Crippen LogP) is 2.16. The van der Waals surface area contributed by atoms with Crippen molar-refractivity contribution in [2.24, 2.45) is 5.92 Å². The first kappa shape index (κ1) is 14.0. The van der Waals surface area contributed by atoms with Crippen LogP contribution in [-0.2, 0) is 10.0 Å². The number of hydrogen-bond donors (Lipinski definition) is 0. The van der Waals surface area contributed by atoms with Crippen LogP contribution in [0.5, 0.6) is 0 Å². The first-order valence-electron chi connectivity index (χ1n) is 6.86. The largest absolute Gasteiger partial charge is 0.256 e. The zero-order valence-electron chi connectivity index (χ0n) is 11.4. The second kappa shape index (κ2) is 5.43. The molecule has 0 aliphatic carbocycles. The molecule has 21 heavy (non-hydrogen) atoms. The monoisotopic (exact) mass is 301 g/mol. The normalized spacial score (nSPS) is 20.2. The van der Waals surface area contributed by atoms with Gasteiger partial charge in [0.1, 0.15) is 0 Å². The molecule has 3 rings (SSSR count). The van der Waals surface area contributed by atoms with Crippen LogP contribution in [-0.4, -0.2) is 30.8 Å². The average molecular weight is 301 g/mol. The predicted molar refractivity (Wildman–Crippen MR) is 78.8 cm³/mol. The molecule has 108 valence electrons. The molecule has 6 heteroatoms. The summed E-state index contributed by atoms with van der Waals surface area (Å²) in [6.07, 6.45) is 3.13. The maximum Gasteiger partial charge on any atom is 0.243 e. The van der Waals surface area contributed by atoms with Gasteiger partial charge in [0.2, 0.25) is 10.0 Å². The second-order valence-corrected chi connectivity index (χ2v) is 7.06. The van der Waals surface area contributed by atoms with E-state index in [1.807, 2.05) is 0 Å². The van der Waals surface area contributed by atoms with Crippen molar-refractivity contribution >= 4 is 20.9 Å². The number of rotatable bonds is 2. The number of fused-ring (bicyclic) bond motifs is 1. The van der Waals surface area contributed by atoms with Crippen LogP contribution in [0.3, 0.4) is 0 Å². The van der Waals surface area contributed by atoms with Gasteiger partial charge in [-0.3, -0.25) is 4.98 Å². The highest BCUT2D eigenvalue weighted by Gasteiger charge is 2.31. The zero-order chi connectivity index (χ0) is 14.9. The number of nitriles is 1. The standard InChI is InChI=1S/C15H15N3O2S/c16-10-12-4-3-9-18(11-12)21(19,20)15-7-1-6-14-13(15)5-2-8-17-14/h1-2,5-8,12H,3-4,9,11H2. The summed E-state index contributed by atoms with van der Waals surface area (Å²) in [7, 11) is -3.59. The Morgan fingerprint density at radius 1 is 1.29 bits per heavy atom. The third-order valence-electron chi connectivity index (χ3n) is 3.79. The van der Waals surface area contributed by atoms with E-state index in [9.17, 15) is 8.42 Å². The summed E-state index contributed by atoms with van der Waals surface area (Å²) in [5.41, 5.74) is 0.660. The molecule has 0 spiro atoms. The van der Waals surface area contributed by atoms with Crippen LogP contribution in [0.25, 0.3) is 10.9 Å².